The van der Waals surface area contributed by atoms with Crippen molar-refractivity contribution in [1.29, 1.82) is 0 Å². The van der Waals surface area contributed by atoms with Crippen LogP contribution in [0.5, 0.6) is 5.75 Å². The fourth-order valence-corrected chi connectivity index (χ4v) is 1.74. The topological polar surface area (TPSA) is 22.1 Å². The quantitative estimate of drug-likeness (QED) is 0.775. The Kier molecular flexibility index (Phi) is 3.87. The largest absolute Gasteiger partial charge is 0.489 e. The van der Waals surface area contributed by atoms with Gasteiger partial charge in [-0.05, 0) is 31.2 Å². The Hall–Kier alpha value is -1.25. The predicted octanol–water partition coefficient (Wildman–Crippen LogP) is 4.28. The molecule has 1 heterocycles. The Morgan fingerprint density at radius 1 is 1.06 bits per heavy atom. The molecular formula is C13H11Cl2NO. The van der Waals surface area contributed by atoms with Crippen LogP contribution < -0.4 is 4.74 Å². The molecule has 2 rings (SSSR count). The van der Waals surface area contributed by atoms with E-state index in [-0.39, 0.29) is 0 Å². The first-order chi connectivity index (χ1) is 8.15. The maximum atomic E-state index is 5.95. The van der Waals surface area contributed by atoms with Gasteiger partial charge in [0.15, 0.2) is 0 Å². The Morgan fingerprint density at radius 3 is 2.41 bits per heavy atom. The molecule has 0 amide bonds. The standard InChI is InChI=1S/C13H11Cl2NO/c1-9-2-5-11(6-3-9)17-8-10-4-7-12(14)16-13(10)15/h2-7H,8H2,1H3. The number of benzene rings is 1. The Labute approximate surface area is 110 Å². The highest BCUT2D eigenvalue weighted by Gasteiger charge is 2.03. The van der Waals surface area contributed by atoms with Crippen LogP contribution in [0.15, 0.2) is 36.4 Å². The molecule has 4 heteroatoms. The van der Waals surface area contributed by atoms with E-state index in [4.69, 9.17) is 27.9 Å². The number of aromatic nitrogens is 1. The van der Waals surface area contributed by atoms with Gasteiger partial charge >= 0.3 is 0 Å². The molecule has 0 saturated heterocycles. The highest BCUT2D eigenvalue weighted by molar-refractivity contribution is 6.32. The predicted molar refractivity (Wildman–Crippen MR) is 69.8 cm³/mol. The fraction of sp³-hybridized carbons (Fsp3) is 0.154. The monoisotopic (exact) mass is 267 g/mol. The second-order valence-corrected chi connectivity index (χ2v) is 4.43. The third-order valence-electron chi connectivity index (χ3n) is 2.31. The van der Waals surface area contributed by atoms with Crippen LogP contribution >= 0.6 is 23.2 Å². The summed E-state index contributed by atoms with van der Waals surface area (Å²) in [5, 5.41) is 0.763. The Morgan fingerprint density at radius 2 is 1.76 bits per heavy atom. The van der Waals surface area contributed by atoms with Crippen LogP contribution in [-0.2, 0) is 6.61 Å². The lowest BCUT2D eigenvalue weighted by Crippen LogP contribution is -1.97. The third kappa shape index (κ3) is 3.35. The summed E-state index contributed by atoms with van der Waals surface area (Å²) in [4.78, 5) is 3.95. The second kappa shape index (κ2) is 5.39. The van der Waals surface area contributed by atoms with Crippen molar-refractivity contribution in [2.45, 2.75) is 13.5 Å². The second-order valence-electron chi connectivity index (χ2n) is 3.69. The molecule has 17 heavy (non-hydrogen) atoms. The average Bonchev–Trinajstić information content (AvgIpc) is 2.30. The van der Waals surface area contributed by atoms with Crippen molar-refractivity contribution in [3.63, 3.8) is 0 Å². The van der Waals surface area contributed by atoms with Crippen LogP contribution in [0, 0.1) is 6.92 Å². The van der Waals surface area contributed by atoms with E-state index in [0.717, 1.165) is 11.3 Å². The van der Waals surface area contributed by atoms with Crippen molar-refractivity contribution in [2.75, 3.05) is 0 Å². The Balaban J connectivity index is 2.04. The van der Waals surface area contributed by atoms with E-state index < -0.39 is 0 Å². The number of hydrogen-bond donors (Lipinski definition) is 0. The molecule has 0 fully saturated rings. The minimum Gasteiger partial charge on any atom is -0.489 e. The summed E-state index contributed by atoms with van der Waals surface area (Å²) in [5.41, 5.74) is 2.01. The van der Waals surface area contributed by atoms with Crippen LogP contribution in [0.25, 0.3) is 0 Å². The lowest BCUT2D eigenvalue weighted by Gasteiger charge is -2.07. The molecule has 0 bridgehead atoms. The smallest absolute Gasteiger partial charge is 0.137 e. The van der Waals surface area contributed by atoms with Crippen molar-refractivity contribution in [3.05, 3.63) is 57.8 Å². The van der Waals surface area contributed by atoms with Crippen molar-refractivity contribution >= 4 is 23.2 Å². The molecule has 1 aromatic carbocycles. The number of ether oxygens (including phenoxy) is 1. The van der Waals surface area contributed by atoms with Gasteiger partial charge in [-0.15, -0.1) is 0 Å². The van der Waals surface area contributed by atoms with Gasteiger partial charge in [-0.2, -0.15) is 0 Å². The van der Waals surface area contributed by atoms with E-state index in [2.05, 4.69) is 4.98 Å². The van der Waals surface area contributed by atoms with Gasteiger partial charge in [-0.25, -0.2) is 4.98 Å². The van der Waals surface area contributed by atoms with E-state index in [0.29, 0.717) is 16.9 Å². The van der Waals surface area contributed by atoms with Crippen molar-refractivity contribution in [3.8, 4) is 5.75 Å². The van der Waals surface area contributed by atoms with E-state index in [1.54, 1.807) is 6.07 Å². The normalized spacial score (nSPS) is 10.3. The summed E-state index contributed by atoms with van der Waals surface area (Å²) >= 11 is 11.7. The van der Waals surface area contributed by atoms with Crippen LogP contribution in [0.1, 0.15) is 11.1 Å². The van der Waals surface area contributed by atoms with Crippen LogP contribution in [-0.4, -0.2) is 4.98 Å². The molecule has 0 saturated carbocycles. The molecule has 0 atom stereocenters. The molecule has 88 valence electrons. The van der Waals surface area contributed by atoms with Crippen molar-refractivity contribution in [2.24, 2.45) is 0 Å². The highest BCUT2D eigenvalue weighted by atomic mass is 35.5. The van der Waals surface area contributed by atoms with Gasteiger partial charge in [0.05, 0.1) is 0 Å². The third-order valence-corrected chi connectivity index (χ3v) is 2.85. The van der Waals surface area contributed by atoms with E-state index in [1.807, 2.05) is 37.3 Å². The zero-order chi connectivity index (χ0) is 12.3. The molecule has 0 spiro atoms. The minimum absolute atomic E-state index is 0.379. The number of aryl methyl sites for hydroxylation is 1. The first-order valence-electron chi connectivity index (χ1n) is 5.15. The maximum absolute atomic E-state index is 5.95. The lowest BCUT2D eigenvalue weighted by molar-refractivity contribution is 0.306. The molecular weight excluding hydrogens is 257 g/mol. The summed E-state index contributed by atoms with van der Waals surface area (Å²) in [6, 6.07) is 11.3. The molecule has 0 radical (unpaired) electrons. The molecule has 0 unspecified atom stereocenters. The lowest BCUT2D eigenvalue weighted by atomic mass is 10.2. The molecule has 1 aromatic heterocycles. The van der Waals surface area contributed by atoms with Crippen LogP contribution in [0.2, 0.25) is 10.3 Å². The number of rotatable bonds is 3. The summed E-state index contributed by atoms with van der Waals surface area (Å²) in [6.45, 7) is 2.41. The molecule has 2 nitrogen and oxygen atoms in total. The van der Waals surface area contributed by atoms with E-state index in [1.165, 1.54) is 5.56 Å². The van der Waals surface area contributed by atoms with E-state index >= 15 is 0 Å². The van der Waals surface area contributed by atoms with Gasteiger partial charge in [0.25, 0.3) is 0 Å². The highest BCUT2D eigenvalue weighted by Crippen LogP contribution is 2.19. The van der Waals surface area contributed by atoms with Crippen molar-refractivity contribution in [1.82, 2.24) is 4.98 Å². The summed E-state index contributed by atoms with van der Waals surface area (Å²) in [7, 11) is 0. The number of pyridine rings is 1. The maximum Gasteiger partial charge on any atom is 0.137 e. The number of hydrogen-bond acceptors (Lipinski definition) is 2. The molecule has 0 N–H and O–H groups in total. The van der Waals surface area contributed by atoms with Crippen molar-refractivity contribution < 1.29 is 4.74 Å². The van der Waals surface area contributed by atoms with Gasteiger partial charge in [-0.1, -0.05) is 40.9 Å². The molecule has 0 aliphatic carbocycles. The van der Waals surface area contributed by atoms with Gasteiger partial charge in [0, 0.05) is 5.56 Å². The summed E-state index contributed by atoms with van der Waals surface area (Å²) in [5.74, 6) is 0.807. The first-order valence-corrected chi connectivity index (χ1v) is 5.91. The number of halogens is 2. The average molecular weight is 268 g/mol. The zero-order valence-corrected chi connectivity index (χ0v) is 10.8. The Bertz CT molecular complexity index is 511. The minimum atomic E-state index is 0.379. The van der Waals surface area contributed by atoms with Gasteiger partial charge in [-0.3, -0.25) is 0 Å². The van der Waals surface area contributed by atoms with Crippen LogP contribution in [0.3, 0.4) is 0 Å². The summed E-state index contributed by atoms with van der Waals surface area (Å²) in [6.07, 6.45) is 0. The number of nitrogens with zero attached hydrogens (tertiary/aromatic N) is 1. The first kappa shape index (κ1) is 12.2. The van der Waals surface area contributed by atoms with E-state index in [9.17, 15) is 0 Å². The zero-order valence-electron chi connectivity index (χ0n) is 9.28. The molecule has 2 aromatic rings. The molecule has 0 aliphatic heterocycles. The SMILES string of the molecule is Cc1ccc(OCc2ccc(Cl)nc2Cl)cc1. The van der Waals surface area contributed by atoms with Crippen LogP contribution in [0.4, 0.5) is 0 Å². The van der Waals surface area contributed by atoms with Gasteiger partial charge < -0.3 is 4.74 Å². The summed E-state index contributed by atoms with van der Waals surface area (Å²) < 4.78 is 5.60. The van der Waals surface area contributed by atoms with Gasteiger partial charge in [0.2, 0.25) is 0 Å². The fourth-order valence-electron chi connectivity index (χ4n) is 1.34. The van der Waals surface area contributed by atoms with Gasteiger partial charge in [0.1, 0.15) is 22.7 Å². The molecule has 0 aliphatic rings.